The molecule has 2 aromatic heterocycles. The van der Waals surface area contributed by atoms with E-state index in [2.05, 4.69) is 20.9 Å². The van der Waals surface area contributed by atoms with E-state index in [1.807, 2.05) is 29.7 Å². The van der Waals surface area contributed by atoms with Gasteiger partial charge in [-0.3, -0.25) is 0 Å². The number of alkyl halides is 3. The fourth-order valence-corrected chi connectivity index (χ4v) is 3.00. The fourth-order valence-electron chi connectivity index (χ4n) is 2.51. The third-order valence-electron chi connectivity index (χ3n) is 3.66. The Bertz CT molecular complexity index is 887. The van der Waals surface area contributed by atoms with Crippen LogP contribution < -0.4 is 0 Å². The van der Waals surface area contributed by atoms with Gasteiger partial charge in [0.2, 0.25) is 0 Å². The summed E-state index contributed by atoms with van der Waals surface area (Å²) >= 11 is 9.08. The molecular formula is C16H11BrClF3N2. The number of hydrogen-bond acceptors (Lipinski definition) is 1. The molecular weight excluding hydrogens is 393 g/mol. The van der Waals surface area contributed by atoms with Crippen LogP contribution in [-0.2, 0) is 12.6 Å². The van der Waals surface area contributed by atoms with Crippen LogP contribution in [0.2, 0.25) is 5.02 Å². The fraction of sp³-hybridized carbons (Fsp3) is 0.188. The van der Waals surface area contributed by atoms with Crippen molar-refractivity contribution >= 4 is 33.2 Å². The van der Waals surface area contributed by atoms with Gasteiger partial charge in [-0.15, -0.1) is 0 Å². The molecule has 0 aliphatic rings. The summed E-state index contributed by atoms with van der Waals surface area (Å²) in [5.74, 6) is 0. The quantitative estimate of drug-likeness (QED) is 0.539. The number of aryl methyl sites for hydroxylation is 1. The number of aromatic nitrogens is 2. The topological polar surface area (TPSA) is 17.3 Å². The van der Waals surface area contributed by atoms with E-state index in [0.29, 0.717) is 11.3 Å². The Kier molecular flexibility index (Phi) is 4.14. The first-order chi connectivity index (χ1) is 10.8. The number of benzene rings is 1. The molecule has 0 fully saturated rings. The van der Waals surface area contributed by atoms with Crippen LogP contribution in [0, 0.1) is 6.92 Å². The Morgan fingerprint density at radius 2 is 1.96 bits per heavy atom. The summed E-state index contributed by atoms with van der Waals surface area (Å²) in [7, 11) is 0. The molecule has 0 saturated heterocycles. The molecule has 3 aromatic rings. The summed E-state index contributed by atoms with van der Waals surface area (Å²) in [6.07, 6.45) is -2.52. The van der Waals surface area contributed by atoms with E-state index >= 15 is 0 Å². The van der Waals surface area contributed by atoms with Crippen molar-refractivity contribution in [1.29, 1.82) is 0 Å². The number of hydrogen-bond donors (Lipinski definition) is 0. The molecule has 120 valence electrons. The summed E-state index contributed by atoms with van der Waals surface area (Å²) in [5.41, 5.74) is 1.55. The number of halogens is 5. The SMILES string of the molecule is Cc1c(Cc2ccc(Cl)cc2C(F)(F)F)nc2cc(Br)ccn12. The predicted octanol–water partition coefficient (Wildman–Crippen LogP) is 5.67. The van der Waals surface area contributed by atoms with Gasteiger partial charge in [-0.1, -0.05) is 33.6 Å². The van der Waals surface area contributed by atoms with Crippen molar-refractivity contribution in [3.63, 3.8) is 0 Å². The molecule has 0 bridgehead atoms. The number of rotatable bonds is 2. The van der Waals surface area contributed by atoms with Crippen molar-refractivity contribution in [2.75, 3.05) is 0 Å². The van der Waals surface area contributed by atoms with Crippen LogP contribution in [0.4, 0.5) is 13.2 Å². The van der Waals surface area contributed by atoms with Crippen molar-refractivity contribution in [1.82, 2.24) is 9.38 Å². The average molecular weight is 404 g/mol. The number of pyridine rings is 1. The van der Waals surface area contributed by atoms with Gasteiger partial charge in [0.25, 0.3) is 0 Å². The van der Waals surface area contributed by atoms with E-state index in [9.17, 15) is 13.2 Å². The Balaban J connectivity index is 2.08. The maximum absolute atomic E-state index is 13.2. The first-order valence-electron chi connectivity index (χ1n) is 6.74. The first-order valence-corrected chi connectivity index (χ1v) is 7.91. The second-order valence-corrected chi connectivity index (χ2v) is 6.55. The minimum atomic E-state index is -4.45. The highest BCUT2D eigenvalue weighted by Gasteiger charge is 2.33. The number of fused-ring (bicyclic) bond motifs is 1. The van der Waals surface area contributed by atoms with Gasteiger partial charge in [-0.05, 0) is 36.8 Å². The van der Waals surface area contributed by atoms with Crippen LogP contribution in [0.3, 0.4) is 0 Å². The largest absolute Gasteiger partial charge is 0.416 e. The maximum Gasteiger partial charge on any atom is 0.416 e. The van der Waals surface area contributed by atoms with Crippen molar-refractivity contribution in [2.24, 2.45) is 0 Å². The standard InChI is InChI=1S/C16H11BrClF3N2/c1-9-14(22-15-7-11(17)4-5-23(9)15)6-10-2-3-12(18)8-13(10)16(19,20)21/h2-5,7-8H,6H2,1H3. The third-order valence-corrected chi connectivity index (χ3v) is 4.39. The molecule has 0 atom stereocenters. The van der Waals surface area contributed by atoms with Crippen molar-refractivity contribution in [3.05, 3.63) is 68.5 Å². The Morgan fingerprint density at radius 3 is 2.65 bits per heavy atom. The van der Waals surface area contributed by atoms with Crippen LogP contribution >= 0.6 is 27.5 Å². The summed E-state index contributed by atoms with van der Waals surface area (Å²) in [6.45, 7) is 1.84. The highest BCUT2D eigenvalue weighted by Crippen LogP contribution is 2.35. The summed E-state index contributed by atoms with van der Waals surface area (Å²) in [4.78, 5) is 4.45. The molecule has 0 spiro atoms. The lowest BCUT2D eigenvalue weighted by Crippen LogP contribution is -2.10. The Labute approximate surface area is 144 Å². The molecule has 0 N–H and O–H groups in total. The zero-order chi connectivity index (χ0) is 16.8. The molecule has 0 aliphatic heterocycles. The lowest BCUT2D eigenvalue weighted by molar-refractivity contribution is -0.138. The monoisotopic (exact) mass is 402 g/mol. The van der Waals surface area contributed by atoms with Crippen LogP contribution in [-0.4, -0.2) is 9.38 Å². The molecule has 0 aliphatic carbocycles. The summed E-state index contributed by atoms with van der Waals surface area (Å²) in [5, 5.41) is 0.0664. The number of nitrogens with zero attached hydrogens (tertiary/aromatic N) is 2. The molecule has 1 aromatic carbocycles. The molecule has 0 amide bonds. The van der Waals surface area contributed by atoms with Gasteiger partial charge in [-0.2, -0.15) is 13.2 Å². The Hall–Kier alpha value is -1.53. The molecule has 0 radical (unpaired) electrons. The smallest absolute Gasteiger partial charge is 0.304 e. The highest BCUT2D eigenvalue weighted by atomic mass is 79.9. The zero-order valence-electron chi connectivity index (χ0n) is 12.0. The van der Waals surface area contributed by atoms with E-state index in [-0.39, 0.29) is 17.0 Å². The van der Waals surface area contributed by atoms with E-state index in [0.717, 1.165) is 16.2 Å². The third kappa shape index (κ3) is 3.23. The average Bonchev–Trinajstić information content (AvgIpc) is 2.75. The van der Waals surface area contributed by atoms with Gasteiger partial charge in [0.15, 0.2) is 0 Å². The molecule has 3 rings (SSSR count). The summed E-state index contributed by atoms with van der Waals surface area (Å²) in [6, 6.07) is 7.51. The van der Waals surface area contributed by atoms with Crippen LogP contribution in [0.25, 0.3) is 5.65 Å². The van der Waals surface area contributed by atoms with Crippen LogP contribution in [0.1, 0.15) is 22.5 Å². The van der Waals surface area contributed by atoms with Gasteiger partial charge in [0.1, 0.15) is 5.65 Å². The first kappa shape index (κ1) is 16.3. The Morgan fingerprint density at radius 1 is 1.22 bits per heavy atom. The zero-order valence-corrected chi connectivity index (χ0v) is 14.3. The van der Waals surface area contributed by atoms with E-state index < -0.39 is 11.7 Å². The van der Waals surface area contributed by atoms with Gasteiger partial charge in [0.05, 0.1) is 11.3 Å². The normalized spacial score (nSPS) is 12.1. The number of imidazole rings is 1. The molecule has 7 heteroatoms. The van der Waals surface area contributed by atoms with Gasteiger partial charge >= 0.3 is 6.18 Å². The minimum Gasteiger partial charge on any atom is -0.304 e. The van der Waals surface area contributed by atoms with E-state index in [1.165, 1.54) is 12.1 Å². The molecule has 2 nitrogen and oxygen atoms in total. The molecule has 23 heavy (non-hydrogen) atoms. The van der Waals surface area contributed by atoms with Gasteiger partial charge in [-0.25, -0.2) is 4.98 Å². The second-order valence-electron chi connectivity index (χ2n) is 5.19. The molecule has 0 unspecified atom stereocenters. The van der Waals surface area contributed by atoms with Crippen LogP contribution in [0.15, 0.2) is 41.0 Å². The van der Waals surface area contributed by atoms with E-state index in [4.69, 9.17) is 11.6 Å². The van der Waals surface area contributed by atoms with Crippen LogP contribution in [0.5, 0.6) is 0 Å². The highest BCUT2D eigenvalue weighted by molar-refractivity contribution is 9.10. The second kappa shape index (κ2) is 5.83. The van der Waals surface area contributed by atoms with Crippen molar-refractivity contribution in [2.45, 2.75) is 19.5 Å². The van der Waals surface area contributed by atoms with Gasteiger partial charge < -0.3 is 4.40 Å². The van der Waals surface area contributed by atoms with Gasteiger partial charge in [0, 0.05) is 27.8 Å². The van der Waals surface area contributed by atoms with Crippen molar-refractivity contribution in [3.8, 4) is 0 Å². The molecule has 0 saturated carbocycles. The predicted molar refractivity (Wildman–Crippen MR) is 86.9 cm³/mol. The minimum absolute atomic E-state index is 0.0664. The summed E-state index contributed by atoms with van der Waals surface area (Å²) < 4.78 is 42.3. The van der Waals surface area contributed by atoms with Crippen molar-refractivity contribution < 1.29 is 13.2 Å². The maximum atomic E-state index is 13.2. The lowest BCUT2D eigenvalue weighted by Gasteiger charge is -2.12. The lowest BCUT2D eigenvalue weighted by atomic mass is 10.0. The van der Waals surface area contributed by atoms with E-state index in [1.54, 1.807) is 0 Å². The molecule has 2 heterocycles.